The molecule has 0 saturated heterocycles. The van der Waals surface area contributed by atoms with Crippen LogP contribution in [-0.2, 0) is 23.7 Å². The van der Waals surface area contributed by atoms with Gasteiger partial charge in [-0.1, -0.05) is 13.3 Å². The molecule has 0 aromatic carbocycles. The van der Waals surface area contributed by atoms with E-state index in [1.54, 1.807) is 7.05 Å². The van der Waals surface area contributed by atoms with Gasteiger partial charge in [0.1, 0.15) is 6.61 Å². The molecule has 0 aliphatic carbocycles. The van der Waals surface area contributed by atoms with Crippen LogP contribution >= 0.6 is 0 Å². The third-order valence-electron chi connectivity index (χ3n) is 2.27. The van der Waals surface area contributed by atoms with Crippen molar-refractivity contribution in [3.8, 4) is 0 Å². The Morgan fingerprint density at radius 2 is 1.32 bits per heavy atom. The van der Waals surface area contributed by atoms with E-state index in [-0.39, 0.29) is 12.5 Å². The van der Waals surface area contributed by atoms with Crippen LogP contribution < -0.4 is 5.32 Å². The summed E-state index contributed by atoms with van der Waals surface area (Å²) in [5.41, 5.74) is 0. The van der Waals surface area contributed by atoms with Gasteiger partial charge >= 0.3 is 0 Å². The van der Waals surface area contributed by atoms with Crippen LogP contribution in [0.25, 0.3) is 0 Å². The van der Waals surface area contributed by atoms with Crippen LogP contribution in [0.15, 0.2) is 0 Å². The molecule has 0 radical (unpaired) electrons. The Kier molecular flexibility index (Phi) is 14.8. The molecular weight excluding hydrogens is 250 g/mol. The summed E-state index contributed by atoms with van der Waals surface area (Å²) in [6, 6.07) is 0. The summed E-state index contributed by atoms with van der Waals surface area (Å²) < 4.78 is 21.0. The van der Waals surface area contributed by atoms with Crippen molar-refractivity contribution in [2.24, 2.45) is 0 Å². The highest BCUT2D eigenvalue weighted by molar-refractivity contribution is 5.76. The van der Waals surface area contributed by atoms with Gasteiger partial charge in [-0.3, -0.25) is 4.79 Å². The molecule has 6 heteroatoms. The van der Waals surface area contributed by atoms with E-state index in [4.69, 9.17) is 18.9 Å². The number of hydrogen-bond acceptors (Lipinski definition) is 5. The Bertz CT molecular complexity index is 201. The van der Waals surface area contributed by atoms with Crippen LogP contribution in [0.2, 0.25) is 0 Å². The van der Waals surface area contributed by atoms with Crippen molar-refractivity contribution in [2.75, 3.05) is 59.9 Å². The highest BCUT2D eigenvalue weighted by Crippen LogP contribution is 1.88. The first-order chi connectivity index (χ1) is 9.31. The minimum Gasteiger partial charge on any atom is -0.379 e. The van der Waals surface area contributed by atoms with E-state index >= 15 is 0 Å². The molecule has 0 fully saturated rings. The molecule has 0 unspecified atom stereocenters. The van der Waals surface area contributed by atoms with E-state index in [2.05, 4.69) is 12.2 Å². The van der Waals surface area contributed by atoms with Gasteiger partial charge in [0.25, 0.3) is 0 Å². The molecule has 0 aliphatic rings. The molecule has 0 aromatic rings. The predicted octanol–water partition coefficient (Wildman–Crippen LogP) is 0.599. The van der Waals surface area contributed by atoms with Crippen molar-refractivity contribution in [2.45, 2.75) is 19.8 Å². The van der Waals surface area contributed by atoms with Crippen molar-refractivity contribution in [3.05, 3.63) is 0 Å². The lowest BCUT2D eigenvalue weighted by Gasteiger charge is -2.07. The molecule has 0 aliphatic heterocycles. The molecule has 0 spiro atoms. The summed E-state index contributed by atoms with van der Waals surface area (Å²) in [6.45, 7) is 6.20. The van der Waals surface area contributed by atoms with Crippen molar-refractivity contribution in [1.82, 2.24) is 5.32 Å². The first-order valence-corrected chi connectivity index (χ1v) is 6.82. The maximum absolute atomic E-state index is 10.8. The second-order valence-corrected chi connectivity index (χ2v) is 3.92. The molecule has 0 atom stereocenters. The van der Waals surface area contributed by atoms with E-state index in [1.807, 2.05) is 0 Å². The zero-order chi connectivity index (χ0) is 14.2. The van der Waals surface area contributed by atoms with Crippen molar-refractivity contribution in [3.63, 3.8) is 0 Å². The third-order valence-corrected chi connectivity index (χ3v) is 2.27. The normalized spacial score (nSPS) is 10.6. The summed E-state index contributed by atoms with van der Waals surface area (Å²) >= 11 is 0. The molecule has 114 valence electrons. The van der Waals surface area contributed by atoms with E-state index in [0.29, 0.717) is 39.6 Å². The standard InChI is InChI=1S/C13H27NO5/c1-3-4-5-16-6-7-17-8-9-18-10-11-19-12-13(15)14-2/h3-12H2,1-2H3,(H,14,15). The SMILES string of the molecule is CCCCOCCOCCOCCOCC(=O)NC. The predicted molar refractivity (Wildman–Crippen MR) is 72.3 cm³/mol. The van der Waals surface area contributed by atoms with Crippen LogP contribution in [0, 0.1) is 0 Å². The number of amides is 1. The van der Waals surface area contributed by atoms with Crippen molar-refractivity contribution in [1.29, 1.82) is 0 Å². The molecule has 6 nitrogen and oxygen atoms in total. The largest absolute Gasteiger partial charge is 0.379 e. The molecule has 0 aromatic heterocycles. The molecule has 1 amide bonds. The molecule has 0 rings (SSSR count). The quantitative estimate of drug-likeness (QED) is 0.471. The van der Waals surface area contributed by atoms with Crippen LogP contribution in [0.5, 0.6) is 0 Å². The lowest BCUT2D eigenvalue weighted by Crippen LogP contribution is -2.24. The van der Waals surface area contributed by atoms with Gasteiger partial charge in [-0.05, 0) is 6.42 Å². The zero-order valence-corrected chi connectivity index (χ0v) is 12.1. The highest BCUT2D eigenvalue weighted by Gasteiger charge is 1.96. The fourth-order valence-electron chi connectivity index (χ4n) is 1.14. The average molecular weight is 277 g/mol. The lowest BCUT2D eigenvalue weighted by molar-refractivity contribution is -0.125. The Morgan fingerprint density at radius 3 is 1.79 bits per heavy atom. The molecule has 19 heavy (non-hydrogen) atoms. The molecular formula is C13H27NO5. The Morgan fingerprint density at radius 1 is 0.842 bits per heavy atom. The van der Waals surface area contributed by atoms with Gasteiger partial charge in [0, 0.05) is 13.7 Å². The summed E-state index contributed by atoms with van der Waals surface area (Å²) in [7, 11) is 1.57. The third kappa shape index (κ3) is 15.3. The topological polar surface area (TPSA) is 66.0 Å². The van der Waals surface area contributed by atoms with Gasteiger partial charge in [-0.25, -0.2) is 0 Å². The first kappa shape index (κ1) is 18.3. The van der Waals surface area contributed by atoms with Crippen LogP contribution in [-0.4, -0.2) is 65.8 Å². The number of ether oxygens (including phenoxy) is 4. The summed E-state index contributed by atoms with van der Waals surface area (Å²) in [5, 5.41) is 2.47. The van der Waals surface area contributed by atoms with Gasteiger partial charge in [0.15, 0.2) is 0 Å². The number of rotatable bonds is 14. The minimum absolute atomic E-state index is 0.0749. The van der Waals surface area contributed by atoms with Gasteiger partial charge in [-0.2, -0.15) is 0 Å². The fourth-order valence-corrected chi connectivity index (χ4v) is 1.14. The maximum atomic E-state index is 10.8. The van der Waals surface area contributed by atoms with E-state index < -0.39 is 0 Å². The Balaban J connectivity index is 2.97. The van der Waals surface area contributed by atoms with Gasteiger partial charge in [-0.15, -0.1) is 0 Å². The monoisotopic (exact) mass is 277 g/mol. The summed E-state index contributed by atoms with van der Waals surface area (Å²) in [4.78, 5) is 10.8. The van der Waals surface area contributed by atoms with E-state index in [9.17, 15) is 4.79 Å². The second kappa shape index (κ2) is 15.4. The average Bonchev–Trinajstić information content (AvgIpc) is 2.43. The number of carbonyl (C=O) groups excluding carboxylic acids is 1. The van der Waals surface area contributed by atoms with Gasteiger partial charge < -0.3 is 24.3 Å². The minimum atomic E-state index is -0.133. The number of unbranched alkanes of at least 4 members (excludes halogenated alkanes) is 1. The maximum Gasteiger partial charge on any atom is 0.245 e. The fraction of sp³-hybridized carbons (Fsp3) is 0.923. The zero-order valence-electron chi connectivity index (χ0n) is 12.1. The molecule has 1 N–H and O–H groups in total. The Labute approximate surface area is 115 Å². The summed E-state index contributed by atoms with van der Waals surface area (Å²) in [6.07, 6.45) is 2.25. The number of nitrogens with one attached hydrogen (secondary N) is 1. The molecule has 0 saturated carbocycles. The van der Waals surface area contributed by atoms with Gasteiger partial charge in [0.2, 0.25) is 5.91 Å². The Hall–Kier alpha value is -0.690. The van der Waals surface area contributed by atoms with Crippen molar-refractivity contribution >= 4 is 5.91 Å². The number of likely N-dealkylation sites (N-methyl/N-ethyl adjacent to an activating group) is 1. The van der Waals surface area contributed by atoms with E-state index in [0.717, 1.165) is 19.4 Å². The molecule has 0 heterocycles. The van der Waals surface area contributed by atoms with Crippen LogP contribution in [0.1, 0.15) is 19.8 Å². The van der Waals surface area contributed by atoms with Crippen LogP contribution in [0.3, 0.4) is 0 Å². The van der Waals surface area contributed by atoms with E-state index in [1.165, 1.54) is 0 Å². The first-order valence-electron chi connectivity index (χ1n) is 6.82. The smallest absolute Gasteiger partial charge is 0.245 e. The number of carbonyl (C=O) groups is 1. The van der Waals surface area contributed by atoms with Gasteiger partial charge in [0.05, 0.1) is 39.6 Å². The summed E-state index contributed by atoms with van der Waals surface area (Å²) in [5.74, 6) is -0.133. The molecule has 0 bridgehead atoms. The van der Waals surface area contributed by atoms with Crippen molar-refractivity contribution < 1.29 is 23.7 Å². The highest BCUT2D eigenvalue weighted by atomic mass is 16.6. The second-order valence-electron chi connectivity index (χ2n) is 3.92. The number of hydrogen-bond donors (Lipinski definition) is 1. The van der Waals surface area contributed by atoms with Crippen LogP contribution in [0.4, 0.5) is 0 Å². The lowest BCUT2D eigenvalue weighted by atomic mass is 10.4.